The molecule has 0 unspecified atom stereocenters. The number of carbonyl (C=O) groups is 1. The first-order valence-corrected chi connectivity index (χ1v) is 10.4. The van der Waals surface area contributed by atoms with Crippen molar-refractivity contribution in [3.63, 3.8) is 0 Å². The number of aromatic nitrogens is 4. The van der Waals surface area contributed by atoms with E-state index in [1.54, 1.807) is 47.3 Å². The lowest BCUT2D eigenvalue weighted by Crippen LogP contribution is -2.35. The molecule has 4 aromatic rings. The Kier molecular flexibility index (Phi) is 5.27. The Morgan fingerprint density at radius 3 is 2.16 bits per heavy atom. The summed E-state index contributed by atoms with van der Waals surface area (Å²) in [5.74, 6) is -0.0597. The summed E-state index contributed by atoms with van der Waals surface area (Å²) in [4.78, 5) is 25.6. The van der Waals surface area contributed by atoms with E-state index in [9.17, 15) is 9.59 Å². The molecule has 2 aromatic carbocycles. The van der Waals surface area contributed by atoms with E-state index in [4.69, 9.17) is 11.6 Å². The van der Waals surface area contributed by atoms with Gasteiger partial charge in [-0.15, -0.1) is 0 Å². The highest BCUT2D eigenvalue weighted by atomic mass is 35.5. The van der Waals surface area contributed by atoms with Gasteiger partial charge in [-0.1, -0.05) is 35.9 Å². The van der Waals surface area contributed by atoms with E-state index in [0.717, 1.165) is 5.56 Å². The Hall–Kier alpha value is -3.25. The molecule has 6 nitrogen and oxygen atoms in total. The van der Waals surface area contributed by atoms with E-state index in [-0.39, 0.29) is 11.3 Å². The van der Waals surface area contributed by atoms with Gasteiger partial charge >= 0.3 is 0 Å². The number of hydrogen-bond donors (Lipinski definition) is 0. The fourth-order valence-corrected chi connectivity index (χ4v) is 3.69. The van der Waals surface area contributed by atoms with Crippen LogP contribution in [0.25, 0.3) is 10.9 Å². The van der Waals surface area contributed by atoms with Crippen molar-refractivity contribution < 1.29 is 4.79 Å². The second-order valence-corrected chi connectivity index (χ2v) is 9.01. The van der Waals surface area contributed by atoms with Gasteiger partial charge in [0.15, 0.2) is 5.78 Å². The van der Waals surface area contributed by atoms with Crippen LogP contribution in [-0.2, 0) is 12.1 Å². The molecule has 0 spiro atoms. The molecule has 0 N–H and O–H groups in total. The largest absolute Gasteiger partial charge is 0.289 e. The third-order valence-electron chi connectivity index (χ3n) is 5.16. The van der Waals surface area contributed by atoms with E-state index in [1.165, 1.54) is 4.68 Å². The molecule has 7 heteroatoms. The Morgan fingerprint density at radius 2 is 1.58 bits per heavy atom. The first-order valence-electron chi connectivity index (χ1n) is 10.0. The maximum atomic E-state index is 12.9. The van der Waals surface area contributed by atoms with Crippen LogP contribution in [-0.4, -0.2) is 25.3 Å². The van der Waals surface area contributed by atoms with Crippen molar-refractivity contribution in [2.75, 3.05) is 0 Å². The highest BCUT2D eigenvalue weighted by Gasteiger charge is 2.21. The first-order chi connectivity index (χ1) is 14.6. The summed E-state index contributed by atoms with van der Waals surface area (Å²) < 4.78 is 3.27. The van der Waals surface area contributed by atoms with Crippen LogP contribution in [0.3, 0.4) is 0 Å². The van der Waals surface area contributed by atoms with Crippen LogP contribution in [0.1, 0.15) is 48.0 Å². The van der Waals surface area contributed by atoms with Crippen molar-refractivity contribution in [2.24, 2.45) is 0 Å². The number of nitrogens with zero attached hydrogens (tertiary/aromatic N) is 4. The SMILES string of the molecule is Cc1nn(Cc2ccc(C(=O)c3ccc(Cl)cc3)cc2)c2cnn(C(C)(C)C)c(=O)c12. The van der Waals surface area contributed by atoms with Gasteiger partial charge < -0.3 is 0 Å². The number of ketones is 1. The molecule has 2 heterocycles. The Balaban J connectivity index is 1.63. The zero-order chi connectivity index (χ0) is 22.3. The van der Waals surface area contributed by atoms with Gasteiger partial charge in [-0.25, -0.2) is 4.68 Å². The van der Waals surface area contributed by atoms with Crippen LogP contribution in [0, 0.1) is 6.92 Å². The van der Waals surface area contributed by atoms with E-state index in [2.05, 4.69) is 10.2 Å². The maximum Gasteiger partial charge on any atom is 0.278 e. The predicted octanol–water partition coefficient (Wildman–Crippen LogP) is 4.59. The Morgan fingerprint density at radius 1 is 1.00 bits per heavy atom. The number of rotatable bonds is 4. The smallest absolute Gasteiger partial charge is 0.278 e. The molecule has 0 radical (unpaired) electrons. The Bertz CT molecular complexity index is 1330. The topological polar surface area (TPSA) is 69.8 Å². The molecule has 158 valence electrons. The highest BCUT2D eigenvalue weighted by Crippen LogP contribution is 2.19. The molecule has 0 atom stereocenters. The number of carbonyl (C=O) groups excluding carboxylic acids is 1. The Labute approximate surface area is 185 Å². The van der Waals surface area contributed by atoms with Crippen molar-refractivity contribution in [2.45, 2.75) is 39.8 Å². The van der Waals surface area contributed by atoms with Gasteiger partial charge in [0.1, 0.15) is 0 Å². The van der Waals surface area contributed by atoms with Crippen LogP contribution in [0.2, 0.25) is 5.02 Å². The predicted molar refractivity (Wildman–Crippen MR) is 122 cm³/mol. The summed E-state index contributed by atoms with van der Waals surface area (Å²) in [6, 6.07) is 14.2. The zero-order valence-electron chi connectivity index (χ0n) is 17.9. The standard InChI is InChI=1S/C24H23ClN4O2/c1-15-21-20(13-26-29(23(21)31)24(2,3)4)28(27-15)14-16-5-7-17(8-6-16)22(30)18-9-11-19(25)12-10-18/h5-13H,14H2,1-4H3. The zero-order valence-corrected chi connectivity index (χ0v) is 18.6. The van der Waals surface area contributed by atoms with Crippen LogP contribution >= 0.6 is 11.6 Å². The van der Waals surface area contributed by atoms with Crippen molar-refractivity contribution in [1.82, 2.24) is 19.6 Å². The van der Waals surface area contributed by atoms with Crippen molar-refractivity contribution in [3.05, 3.63) is 92.5 Å². The highest BCUT2D eigenvalue weighted by molar-refractivity contribution is 6.30. The molecule has 0 amide bonds. The normalized spacial score (nSPS) is 11.8. The molecule has 0 fully saturated rings. The fourth-order valence-electron chi connectivity index (χ4n) is 3.57. The van der Waals surface area contributed by atoms with Gasteiger partial charge in [-0.3, -0.25) is 14.3 Å². The van der Waals surface area contributed by atoms with Gasteiger partial charge in [0, 0.05) is 16.1 Å². The minimum absolute atomic E-state index is 0.0597. The average Bonchev–Trinajstić information content (AvgIpc) is 3.04. The number of halogens is 1. The summed E-state index contributed by atoms with van der Waals surface area (Å²) in [5.41, 5.74) is 2.98. The van der Waals surface area contributed by atoms with Gasteiger partial charge in [-0.05, 0) is 57.5 Å². The number of fused-ring (bicyclic) bond motifs is 1. The van der Waals surface area contributed by atoms with Gasteiger partial charge in [0.25, 0.3) is 5.56 Å². The molecule has 2 aromatic heterocycles. The molecular weight excluding hydrogens is 412 g/mol. The minimum atomic E-state index is -0.410. The first kappa shape index (κ1) is 21.0. The van der Waals surface area contributed by atoms with E-state index in [1.807, 2.05) is 39.8 Å². The number of benzene rings is 2. The average molecular weight is 435 g/mol. The molecule has 0 aliphatic carbocycles. The van der Waals surface area contributed by atoms with Gasteiger partial charge in [0.05, 0.1) is 34.9 Å². The second kappa shape index (κ2) is 7.78. The monoisotopic (exact) mass is 434 g/mol. The third kappa shape index (κ3) is 4.03. The summed E-state index contributed by atoms with van der Waals surface area (Å²) in [5, 5.41) is 10.1. The summed E-state index contributed by atoms with van der Waals surface area (Å²) in [6.45, 7) is 8.14. The van der Waals surface area contributed by atoms with Crippen molar-refractivity contribution in [1.29, 1.82) is 0 Å². The van der Waals surface area contributed by atoms with Gasteiger partial charge in [-0.2, -0.15) is 10.2 Å². The summed E-state index contributed by atoms with van der Waals surface area (Å²) >= 11 is 5.90. The molecule has 0 bridgehead atoms. The molecule has 0 saturated heterocycles. The van der Waals surface area contributed by atoms with Crippen LogP contribution in [0.4, 0.5) is 0 Å². The van der Waals surface area contributed by atoms with Gasteiger partial charge in [0.2, 0.25) is 0 Å². The summed E-state index contributed by atoms with van der Waals surface area (Å²) in [7, 11) is 0. The lowest BCUT2D eigenvalue weighted by molar-refractivity contribution is 0.103. The van der Waals surface area contributed by atoms with Crippen molar-refractivity contribution in [3.8, 4) is 0 Å². The molecular formula is C24H23ClN4O2. The third-order valence-corrected chi connectivity index (χ3v) is 5.41. The molecule has 0 aliphatic rings. The molecule has 31 heavy (non-hydrogen) atoms. The van der Waals surface area contributed by atoms with E-state index < -0.39 is 5.54 Å². The molecule has 0 aliphatic heterocycles. The minimum Gasteiger partial charge on any atom is -0.289 e. The van der Waals surface area contributed by atoms with Crippen LogP contribution in [0.5, 0.6) is 0 Å². The maximum absolute atomic E-state index is 12.9. The van der Waals surface area contributed by atoms with Crippen molar-refractivity contribution >= 4 is 28.3 Å². The second-order valence-electron chi connectivity index (χ2n) is 8.57. The fraction of sp³-hybridized carbons (Fsp3) is 0.250. The molecule has 0 saturated carbocycles. The molecule has 4 rings (SSSR count). The lowest BCUT2D eigenvalue weighted by Gasteiger charge is -2.20. The quantitative estimate of drug-likeness (QED) is 0.440. The van der Waals surface area contributed by atoms with E-state index in [0.29, 0.717) is 39.3 Å². The summed E-state index contributed by atoms with van der Waals surface area (Å²) in [6.07, 6.45) is 1.69. The van der Waals surface area contributed by atoms with Crippen LogP contribution in [0.15, 0.2) is 59.5 Å². The van der Waals surface area contributed by atoms with Crippen LogP contribution < -0.4 is 5.56 Å². The number of aryl methyl sites for hydroxylation is 1. The number of hydrogen-bond acceptors (Lipinski definition) is 4. The van der Waals surface area contributed by atoms with E-state index >= 15 is 0 Å². The lowest BCUT2D eigenvalue weighted by atomic mass is 10.0.